The monoisotopic (exact) mass is 236 g/mol. The van der Waals surface area contributed by atoms with Crippen molar-refractivity contribution in [3.05, 3.63) is 23.9 Å². The molecule has 1 unspecified atom stereocenters. The molecule has 84 valence electrons. The largest absolute Gasteiger partial charge is 0.383 e. The minimum atomic E-state index is -0.749. The molecule has 6 heteroatoms. The van der Waals surface area contributed by atoms with Crippen molar-refractivity contribution in [1.29, 1.82) is 0 Å². The van der Waals surface area contributed by atoms with Crippen LogP contribution in [0.4, 0.5) is 14.6 Å². The molecule has 0 spiro atoms. The van der Waals surface area contributed by atoms with E-state index < -0.39 is 11.6 Å². The highest BCUT2D eigenvalue weighted by Crippen LogP contribution is 2.12. The van der Waals surface area contributed by atoms with Gasteiger partial charge in [0.05, 0.1) is 18.8 Å². The Morgan fingerprint density at radius 3 is 2.87 bits per heavy atom. The zero-order valence-corrected chi connectivity index (χ0v) is 8.89. The smallest absolute Gasteiger partial charge is 0.168 e. The minimum Gasteiger partial charge on any atom is -0.383 e. The number of alkyl halides is 1. The van der Waals surface area contributed by atoms with Gasteiger partial charge in [-0.1, -0.05) is 0 Å². The third-order valence-corrected chi connectivity index (χ3v) is 2.08. The molecule has 1 aromatic rings. The topological polar surface area (TPSA) is 34.1 Å². The second kappa shape index (κ2) is 5.82. The third-order valence-electron chi connectivity index (χ3n) is 1.70. The first-order valence-corrected chi connectivity index (χ1v) is 4.83. The van der Waals surface area contributed by atoms with Crippen LogP contribution in [0.2, 0.25) is 0 Å². The molecule has 1 heterocycles. The van der Waals surface area contributed by atoms with E-state index in [0.717, 1.165) is 12.3 Å². The van der Waals surface area contributed by atoms with Crippen LogP contribution < -0.4 is 5.32 Å². The summed E-state index contributed by atoms with van der Waals surface area (Å²) in [5, 5.41) is 2.72. The number of methoxy groups -OCH3 is 1. The van der Waals surface area contributed by atoms with E-state index in [1.54, 1.807) is 0 Å². The molecule has 15 heavy (non-hydrogen) atoms. The predicted octanol–water partition coefficient (Wildman–Crippen LogP) is 2.03. The maximum atomic E-state index is 13.1. The van der Waals surface area contributed by atoms with Crippen molar-refractivity contribution in [2.75, 3.05) is 24.9 Å². The van der Waals surface area contributed by atoms with Gasteiger partial charge in [-0.3, -0.25) is 0 Å². The number of anilines is 1. The van der Waals surface area contributed by atoms with Crippen molar-refractivity contribution in [1.82, 2.24) is 4.98 Å². The van der Waals surface area contributed by atoms with E-state index in [1.165, 1.54) is 7.11 Å². The molecule has 0 bridgehead atoms. The van der Waals surface area contributed by atoms with Gasteiger partial charge < -0.3 is 10.1 Å². The summed E-state index contributed by atoms with van der Waals surface area (Å²) in [6.45, 7) is 0.321. The first kappa shape index (κ1) is 12.1. The first-order chi connectivity index (χ1) is 7.17. The molecular formula is C9H11ClF2N2O. The Labute approximate surface area is 91.4 Å². The summed E-state index contributed by atoms with van der Waals surface area (Å²) in [5.74, 6) is -1.25. The lowest BCUT2D eigenvalue weighted by molar-refractivity contribution is 0.191. The lowest BCUT2D eigenvalue weighted by Crippen LogP contribution is -2.27. The zero-order valence-electron chi connectivity index (χ0n) is 8.14. The summed E-state index contributed by atoms with van der Waals surface area (Å²) in [6.07, 6.45) is 0.934. The van der Waals surface area contributed by atoms with Crippen molar-refractivity contribution in [2.24, 2.45) is 0 Å². The molecule has 0 aliphatic carbocycles. The fourth-order valence-electron chi connectivity index (χ4n) is 1.04. The molecule has 0 amide bonds. The average molecular weight is 237 g/mol. The summed E-state index contributed by atoms with van der Waals surface area (Å²) >= 11 is 5.61. The molecular weight excluding hydrogens is 226 g/mol. The average Bonchev–Trinajstić information content (AvgIpc) is 2.21. The van der Waals surface area contributed by atoms with E-state index in [9.17, 15) is 8.78 Å². The van der Waals surface area contributed by atoms with Crippen molar-refractivity contribution in [2.45, 2.75) is 6.04 Å². The maximum Gasteiger partial charge on any atom is 0.168 e. The van der Waals surface area contributed by atoms with Gasteiger partial charge in [-0.25, -0.2) is 13.8 Å². The van der Waals surface area contributed by atoms with Gasteiger partial charge in [0.15, 0.2) is 11.6 Å². The van der Waals surface area contributed by atoms with E-state index in [-0.39, 0.29) is 17.7 Å². The number of nitrogens with zero attached hydrogens (tertiary/aromatic N) is 1. The fraction of sp³-hybridized carbons (Fsp3) is 0.444. The number of pyridine rings is 1. The molecule has 1 N–H and O–H groups in total. The lowest BCUT2D eigenvalue weighted by atomic mass is 10.3. The molecule has 0 aliphatic heterocycles. The van der Waals surface area contributed by atoms with Gasteiger partial charge in [0.2, 0.25) is 0 Å². The molecule has 1 rings (SSSR count). The lowest BCUT2D eigenvalue weighted by Gasteiger charge is -2.15. The number of hydrogen-bond acceptors (Lipinski definition) is 3. The second-order valence-electron chi connectivity index (χ2n) is 2.93. The summed E-state index contributed by atoms with van der Waals surface area (Å²) in [5.41, 5.74) is 0. The summed E-state index contributed by atoms with van der Waals surface area (Å²) in [4.78, 5) is 3.57. The van der Waals surface area contributed by atoms with Gasteiger partial charge in [0, 0.05) is 19.1 Å². The fourth-order valence-corrected chi connectivity index (χ4v) is 1.21. The summed E-state index contributed by atoms with van der Waals surface area (Å²) < 4.78 is 30.5. The second-order valence-corrected chi connectivity index (χ2v) is 3.24. The zero-order chi connectivity index (χ0) is 11.3. The Morgan fingerprint density at radius 2 is 2.33 bits per heavy atom. The van der Waals surface area contributed by atoms with Gasteiger partial charge >= 0.3 is 0 Å². The van der Waals surface area contributed by atoms with Crippen LogP contribution in [0.15, 0.2) is 12.3 Å². The number of rotatable bonds is 5. The number of ether oxygens (including phenoxy) is 1. The van der Waals surface area contributed by atoms with Crippen molar-refractivity contribution >= 4 is 17.4 Å². The van der Waals surface area contributed by atoms with Gasteiger partial charge in [-0.2, -0.15) is 0 Å². The highest BCUT2D eigenvalue weighted by Gasteiger charge is 2.11. The van der Waals surface area contributed by atoms with Crippen LogP contribution in [0, 0.1) is 11.6 Å². The van der Waals surface area contributed by atoms with Crippen molar-refractivity contribution < 1.29 is 13.5 Å². The van der Waals surface area contributed by atoms with Crippen LogP contribution >= 0.6 is 11.6 Å². The Morgan fingerprint density at radius 1 is 1.60 bits per heavy atom. The van der Waals surface area contributed by atoms with E-state index >= 15 is 0 Å². The van der Waals surface area contributed by atoms with E-state index in [4.69, 9.17) is 16.3 Å². The molecule has 0 radical (unpaired) electrons. The molecule has 0 fully saturated rings. The summed E-state index contributed by atoms with van der Waals surface area (Å²) in [6, 6.07) is 0.497. The molecule has 0 saturated heterocycles. The summed E-state index contributed by atoms with van der Waals surface area (Å²) in [7, 11) is 1.51. The third kappa shape index (κ3) is 3.60. The number of nitrogens with one attached hydrogen (secondary N) is 1. The van der Waals surface area contributed by atoms with Crippen LogP contribution in [-0.4, -0.2) is 30.6 Å². The minimum absolute atomic E-state index is 0.0286. The molecule has 0 saturated carbocycles. The normalized spacial score (nSPS) is 12.5. The highest BCUT2D eigenvalue weighted by atomic mass is 35.5. The van der Waals surface area contributed by atoms with Gasteiger partial charge in [0.25, 0.3) is 0 Å². The quantitative estimate of drug-likeness (QED) is 0.795. The molecule has 0 aliphatic rings. The SMILES string of the molecule is COCC(CCl)Nc1ncc(F)cc1F. The van der Waals surface area contributed by atoms with Crippen LogP contribution in [0.1, 0.15) is 0 Å². The molecule has 0 aromatic carbocycles. The number of halogens is 3. The maximum absolute atomic E-state index is 13.1. The highest BCUT2D eigenvalue weighted by molar-refractivity contribution is 6.18. The van der Waals surface area contributed by atoms with Crippen LogP contribution in [-0.2, 0) is 4.74 Å². The van der Waals surface area contributed by atoms with Crippen LogP contribution in [0.25, 0.3) is 0 Å². The van der Waals surface area contributed by atoms with Crippen molar-refractivity contribution in [3.63, 3.8) is 0 Å². The Balaban J connectivity index is 2.70. The van der Waals surface area contributed by atoms with E-state index in [1.807, 2.05) is 0 Å². The Hall–Kier alpha value is -0.940. The Bertz CT molecular complexity index is 325. The van der Waals surface area contributed by atoms with Crippen LogP contribution in [0.3, 0.4) is 0 Å². The van der Waals surface area contributed by atoms with Crippen LogP contribution in [0.5, 0.6) is 0 Å². The predicted molar refractivity (Wildman–Crippen MR) is 54.2 cm³/mol. The van der Waals surface area contributed by atoms with E-state index in [2.05, 4.69) is 10.3 Å². The van der Waals surface area contributed by atoms with Gasteiger partial charge in [0.1, 0.15) is 5.82 Å². The van der Waals surface area contributed by atoms with Gasteiger partial charge in [-0.05, 0) is 0 Å². The Kier molecular flexibility index (Phi) is 4.71. The standard InChI is InChI=1S/C9H11ClF2N2O/c1-15-5-7(3-10)14-9-8(12)2-6(11)4-13-9/h2,4,7H,3,5H2,1H3,(H,13,14). The van der Waals surface area contributed by atoms with E-state index in [0.29, 0.717) is 6.61 Å². The molecule has 3 nitrogen and oxygen atoms in total. The molecule has 1 aromatic heterocycles. The number of hydrogen-bond donors (Lipinski definition) is 1. The molecule has 1 atom stereocenters. The first-order valence-electron chi connectivity index (χ1n) is 4.30. The van der Waals surface area contributed by atoms with Crippen molar-refractivity contribution in [3.8, 4) is 0 Å². The van der Waals surface area contributed by atoms with Gasteiger partial charge in [-0.15, -0.1) is 11.6 Å². The number of aromatic nitrogens is 1.